The fraction of sp³-hybridized carbons (Fsp3) is 0.412. The van der Waals surface area contributed by atoms with E-state index in [0.717, 1.165) is 35.9 Å². The van der Waals surface area contributed by atoms with Crippen molar-refractivity contribution in [3.63, 3.8) is 0 Å². The molecule has 0 aliphatic rings. The van der Waals surface area contributed by atoms with Gasteiger partial charge in [0.2, 0.25) is 0 Å². The topological polar surface area (TPSA) is 42.4 Å². The SMILES string of the molecule is CCC(N)Cc1ccc(N(C)Cc2ccoc2C)c(Cl)c1. The lowest BCUT2D eigenvalue weighted by atomic mass is 10.0. The van der Waals surface area contributed by atoms with Crippen molar-refractivity contribution in [2.75, 3.05) is 11.9 Å². The summed E-state index contributed by atoms with van der Waals surface area (Å²) in [6.45, 7) is 4.84. The van der Waals surface area contributed by atoms with Gasteiger partial charge in [-0.1, -0.05) is 24.6 Å². The number of halogens is 1. The van der Waals surface area contributed by atoms with Crippen LogP contribution in [0.25, 0.3) is 0 Å². The van der Waals surface area contributed by atoms with E-state index in [9.17, 15) is 0 Å². The van der Waals surface area contributed by atoms with Crippen LogP contribution in [0.15, 0.2) is 34.9 Å². The molecule has 1 aromatic carbocycles. The van der Waals surface area contributed by atoms with E-state index in [4.69, 9.17) is 21.8 Å². The highest BCUT2D eigenvalue weighted by Gasteiger charge is 2.11. The smallest absolute Gasteiger partial charge is 0.105 e. The van der Waals surface area contributed by atoms with Crippen molar-refractivity contribution in [3.05, 3.63) is 52.4 Å². The van der Waals surface area contributed by atoms with E-state index in [1.54, 1.807) is 6.26 Å². The quantitative estimate of drug-likeness (QED) is 0.871. The van der Waals surface area contributed by atoms with E-state index in [0.29, 0.717) is 0 Å². The second-order valence-electron chi connectivity index (χ2n) is 5.52. The second-order valence-corrected chi connectivity index (χ2v) is 5.92. The predicted octanol–water partition coefficient (Wildman–Crippen LogP) is 4.16. The molecule has 0 aliphatic heterocycles. The maximum atomic E-state index is 6.42. The van der Waals surface area contributed by atoms with Crippen LogP contribution in [0.1, 0.15) is 30.2 Å². The van der Waals surface area contributed by atoms with Crippen LogP contribution in [-0.2, 0) is 13.0 Å². The summed E-state index contributed by atoms with van der Waals surface area (Å²) >= 11 is 6.42. The highest BCUT2D eigenvalue weighted by atomic mass is 35.5. The molecule has 0 amide bonds. The van der Waals surface area contributed by atoms with E-state index >= 15 is 0 Å². The molecule has 21 heavy (non-hydrogen) atoms. The molecule has 0 fully saturated rings. The maximum Gasteiger partial charge on any atom is 0.105 e. The Hall–Kier alpha value is -1.45. The number of hydrogen-bond donors (Lipinski definition) is 1. The van der Waals surface area contributed by atoms with Gasteiger partial charge in [-0.2, -0.15) is 0 Å². The van der Waals surface area contributed by atoms with Gasteiger partial charge in [0.15, 0.2) is 0 Å². The molecule has 1 aromatic heterocycles. The molecule has 0 saturated heterocycles. The molecule has 3 nitrogen and oxygen atoms in total. The van der Waals surface area contributed by atoms with Gasteiger partial charge in [-0.15, -0.1) is 0 Å². The first-order valence-corrected chi connectivity index (χ1v) is 7.67. The third kappa shape index (κ3) is 4.02. The van der Waals surface area contributed by atoms with Crippen molar-refractivity contribution in [2.45, 2.75) is 39.3 Å². The number of furan rings is 1. The van der Waals surface area contributed by atoms with Gasteiger partial charge < -0.3 is 15.1 Å². The van der Waals surface area contributed by atoms with Gasteiger partial charge in [0.1, 0.15) is 5.76 Å². The minimum absolute atomic E-state index is 0.193. The van der Waals surface area contributed by atoms with Crippen LogP contribution in [-0.4, -0.2) is 13.1 Å². The summed E-state index contributed by atoms with van der Waals surface area (Å²) in [7, 11) is 2.03. The van der Waals surface area contributed by atoms with Crippen LogP contribution in [0.5, 0.6) is 0 Å². The van der Waals surface area contributed by atoms with Gasteiger partial charge in [-0.25, -0.2) is 0 Å². The van der Waals surface area contributed by atoms with Crippen LogP contribution < -0.4 is 10.6 Å². The fourth-order valence-electron chi connectivity index (χ4n) is 2.35. The Labute approximate surface area is 131 Å². The zero-order valence-corrected chi connectivity index (χ0v) is 13.7. The van der Waals surface area contributed by atoms with E-state index in [2.05, 4.69) is 24.0 Å². The van der Waals surface area contributed by atoms with E-state index in [-0.39, 0.29) is 6.04 Å². The molecule has 114 valence electrons. The normalized spacial score (nSPS) is 12.4. The summed E-state index contributed by atoms with van der Waals surface area (Å²) in [5.41, 5.74) is 9.37. The first kappa shape index (κ1) is 15.9. The van der Waals surface area contributed by atoms with Gasteiger partial charge in [0.05, 0.1) is 17.0 Å². The Morgan fingerprint density at radius 1 is 1.33 bits per heavy atom. The summed E-state index contributed by atoms with van der Waals surface area (Å²) < 4.78 is 5.33. The summed E-state index contributed by atoms with van der Waals surface area (Å²) in [6.07, 6.45) is 3.55. The second kappa shape index (κ2) is 7.01. The minimum Gasteiger partial charge on any atom is -0.469 e. The lowest BCUT2D eigenvalue weighted by Gasteiger charge is -2.21. The third-order valence-electron chi connectivity index (χ3n) is 3.82. The first-order valence-electron chi connectivity index (χ1n) is 7.29. The average Bonchev–Trinajstić information content (AvgIpc) is 2.84. The summed E-state index contributed by atoms with van der Waals surface area (Å²) in [6, 6.07) is 8.38. The zero-order chi connectivity index (χ0) is 15.4. The number of benzene rings is 1. The minimum atomic E-state index is 0.193. The van der Waals surface area contributed by atoms with Crippen molar-refractivity contribution >= 4 is 17.3 Å². The highest BCUT2D eigenvalue weighted by Crippen LogP contribution is 2.28. The van der Waals surface area contributed by atoms with E-state index < -0.39 is 0 Å². The monoisotopic (exact) mass is 306 g/mol. The fourth-order valence-corrected chi connectivity index (χ4v) is 2.70. The molecule has 0 bridgehead atoms. The molecule has 1 heterocycles. The summed E-state index contributed by atoms with van der Waals surface area (Å²) in [4.78, 5) is 2.13. The largest absolute Gasteiger partial charge is 0.469 e. The maximum absolute atomic E-state index is 6.42. The Kier molecular flexibility index (Phi) is 5.32. The molecule has 0 saturated carbocycles. The molecule has 2 aromatic rings. The molecule has 1 atom stereocenters. The zero-order valence-electron chi connectivity index (χ0n) is 12.9. The van der Waals surface area contributed by atoms with E-state index in [1.165, 1.54) is 11.1 Å². The number of nitrogens with two attached hydrogens (primary N) is 1. The summed E-state index contributed by atoms with van der Waals surface area (Å²) in [5, 5.41) is 0.763. The molecule has 2 rings (SSSR count). The van der Waals surface area contributed by atoms with Crippen LogP contribution in [0.2, 0.25) is 5.02 Å². The molecule has 2 N–H and O–H groups in total. The molecule has 4 heteroatoms. The van der Waals surface area contributed by atoms with Gasteiger partial charge in [0.25, 0.3) is 0 Å². The molecule has 1 unspecified atom stereocenters. The molecular formula is C17H23ClN2O. The molecule has 0 aliphatic carbocycles. The number of hydrogen-bond acceptors (Lipinski definition) is 3. The van der Waals surface area contributed by atoms with Gasteiger partial charge in [-0.05, 0) is 43.5 Å². The van der Waals surface area contributed by atoms with Crippen molar-refractivity contribution < 1.29 is 4.42 Å². The van der Waals surface area contributed by atoms with Crippen LogP contribution in [0.4, 0.5) is 5.69 Å². The third-order valence-corrected chi connectivity index (χ3v) is 4.12. The van der Waals surface area contributed by atoms with Crippen LogP contribution in [0, 0.1) is 6.92 Å². The number of anilines is 1. The average molecular weight is 307 g/mol. The lowest BCUT2D eigenvalue weighted by Crippen LogP contribution is -2.21. The lowest BCUT2D eigenvalue weighted by molar-refractivity contribution is 0.529. The van der Waals surface area contributed by atoms with Crippen molar-refractivity contribution in [3.8, 4) is 0 Å². The Bertz CT molecular complexity index is 594. The Morgan fingerprint density at radius 3 is 2.67 bits per heavy atom. The van der Waals surface area contributed by atoms with Crippen LogP contribution in [0.3, 0.4) is 0 Å². The molecule has 0 radical (unpaired) electrons. The van der Waals surface area contributed by atoms with Crippen molar-refractivity contribution in [1.82, 2.24) is 0 Å². The van der Waals surface area contributed by atoms with Crippen LogP contribution >= 0.6 is 11.6 Å². The van der Waals surface area contributed by atoms with Crippen molar-refractivity contribution in [1.29, 1.82) is 0 Å². The molecule has 0 spiro atoms. The highest BCUT2D eigenvalue weighted by molar-refractivity contribution is 6.33. The number of aryl methyl sites for hydroxylation is 1. The Balaban J connectivity index is 2.11. The predicted molar refractivity (Wildman–Crippen MR) is 89.0 cm³/mol. The van der Waals surface area contributed by atoms with Crippen molar-refractivity contribution in [2.24, 2.45) is 5.73 Å². The van der Waals surface area contributed by atoms with Gasteiger partial charge >= 0.3 is 0 Å². The standard InChI is InChI=1S/C17H23ClN2O/c1-4-15(19)9-13-5-6-17(16(18)10-13)20(3)11-14-7-8-21-12(14)2/h5-8,10,15H,4,9,11,19H2,1-3H3. The first-order chi connectivity index (χ1) is 10.0. The number of rotatable bonds is 6. The van der Waals surface area contributed by atoms with Gasteiger partial charge in [-0.3, -0.25) is 0 Å². The van der Waals surface area contributed by atoms with E-state index in [1.807, 2.05) is 26.1 Å². The molecular weight excluding hydrogens is 284 g/mol. The summed E-state index contributed by atoms with van der Waals surface area (Å²) in [5.74, 6) is 0.948. The van der Waals surface area contributed by atoms with Gasteiger partial charge in [0, 0.05) is 25.2 Å². The number of nitrogens with zero attached hydrogens (tertiary/aromatic N) is 1. The Morgan fingerprint density at radius 2 is 2.10 bits per heavy atom.